The fourth-order valence-electron chi connectivity index (χ4n) is 3.45. The van der Waals surface area contributed by atoms with E-state index < -0.39 is 13.2 Å². The van der Waals surface area contributed by atoms with Crippen LogP contribution in [0.1, 0.15) is 25.7 Å². The van der Waals surface area contributed by atoms with E-state index in [1.807, 2.05) is 60.7 Å². The summed E-state index contributed by atoms with van der Waals surface area (Å²) in [6, 6.07) is 19.3. The first-order chi connectivity index (χ1) is 10.7. The average molecular weight is 314 g/mol. The molecule has 2 aromatic carbocycles. The molecule has 1 saturated carbocycles. The van der Waals surface area contributed by atoms with E-state index in [0.717, 1.165) is 23.5 Å². The van der Waals surface area contributed by atoms with Crippen LogP contribution in [0.4, 0.5) is 0 Å². The molecule has 2 aromatic rings. The van der Waals surface area contributed by atoms with E-state index in [0.29, 0.717) is 12.1 Å². The highest BCUT2D eigenvalue weighted by atomic mass is 31.2. The smallest absolute Gasteiger partial charge is 0.145 e. The molecule has 0 amide bonds. The van der Waals surface area contributed by atoms with Crippen LogP contribution in [-0.4, -0.2) is 17.4 Å². The van der Waals surface area contributed by atoms with Crippen molar-refractivity contribution < 1.29 is 9.67 Å². The Morgan fingerprint density at radius 2 is 1.36 bits per heavy atom. The van der Waals surface area contributed by atoms with Gasteiger partial charge in [0.25, 0.3) is 0 Å². The van der Waals surface area contributed by atoms with E-state index >= 15 is 0 Å². The van der Waals surface area contributed by atoms with E-state index in [2.05, 4.69) is 0 Å². The summed E-state index contributed by atoms with van der Waals surface area (Å²) in [4.78, 5) is 0. The lowest BCUT2D eigenvalue weighted by Gasteiger charge is -2.25. The predicted octanol–water partition coefficient (Wildman–Crippen LogP) is 3.55. The van der Waals surface area contributed by atoms with Gasteiger partial charge in [-0.2, -0.15) is 0 Å². The second-order valence-corrected chi connectivity index (χ2v) is 9.08. The monoisotopic (exact) mass is 314 g/mol. The van der Waals surface area contributed by atoms with Crippen molar-refractivity contribution in [3.8, 4) is 0 Å². The maximum atomic E-state index is 13.8. The van der Waals surface area contributed by atoms with Gasteiger partial charge in [0.1, 0.15) is 7.14 Å². The first kappa shape index (κ1) is 15.5. The van der Waals surface area contributed by atoms with E-state index in [9.17, 15) is 9.67 Å². The van der Waals surface area contributed by atoms with Gasteiger partial charge in [0.05, 0.1) is 6.10 Å². The third-order valence-electron chi connectivity index (χ3n) is 4.73. The number of hydrogen-bond acceptors (Lipinski definition) is 2. The summed E-state index contributed by atoms with van der Waals surface area (Å²) in [5.74, 6) is 0.306. The second kappa shape index (κ2) is 6.81. The van der Waals surface area contributed by atoms with Gasteiger partial charge in [-0.25, -0.2) is 0 Å². The molecular weight excluding hydrogens is 291 g/mol. The first-order valence-electron chi connectivity index (χ1n) is 8.08. The molecule has 3 heteroatoms. The normalized spacial score (nSPS) is 17.5. The molecular formula is C19H23O2P. The minimum atomic E-state index is -2.78. The number of aliphatic hydroxyl groups excluding tert-OH is 1. The van der Waals surface area contributed by atoms with Crippen LogP contribution >= 0.6 is 7.14 Å². The van der Waals surface area contributed by atoms with Gasteiger partial charge in [-0.1, -0.05) is 73.5 Å². The first-order valence-corrected chi connectivity index (χ1v) is 9.98. The Morgan fingerprint density at radius 3 is 1.82 bits per heavy atom. The molecule has 0 spiro atoms. The molecule has 0 heterocycles. The van der Waals surface area contributed by atoms with Gasteiger partial charge in [0.2, 0.25) is 0 Å². The van der Waals surface area contributed by atoms with Gasteiger partial charge in [-0.05, 0) is 18.8 Å². The van der Waals surface area contributed by atoms with Crippen LogP contribution in [0.5, 0.6) is 0 Å². The summed E-state index contributed by atoms with van der Waals surface area (Å²) in [6.07, 6.45) is 4.36. The number of hydrogen-bond donors (Lipinski definition) is 1. The Morgan fingerprint density at radius 1 is 0.909 bits per heavy atom. The summed E-state index contributed by atoms with van der Waals surface area (Å²) in [5, 5.41) is 12.3. The standard InChI is InChI=1S/C19H23O2P/c20-19(16-9-7-8-10-16)15-22(21,17-11-3-1-4-12-17)18-13-5-2-6-14-18/h1-6,11-14,16,19-20H,7-10,15H2. The maximum absolute atomic E-state index is 13.8. The second-order valence-electron chi connectivity index (χ2n) is 6.21. The van der Waals surface area contributed by atoms with Crippen molar-refractivity contribution in [2.75, 3.05) is 6.16 Å². The molecule has 1 fully saturated rings. The molecule has 1 unspecified atom stereocenters. The summed E-state index contributed by atoms with van der Waals surface area (Å²) in [6.45, 7) is 0. The molecule has 1 aliphatic rings. The molecule has 0 saturated heterocycles. The minimum absolute atomic E-state index is 0.306. The van der Waals surface area contributed by atoms with Crippen LogP contribution in [0.2, 0.25) is 0 Å². The SMILES string of the molecule is O=P(CC(O)C1CCCC1)(c1ccccc1)c1ccccc1. The lowest BCUT2D eigenvalue weighted by atomic mass is 10.0. The number of aliphatic hydroxyl groups is 1. The Labute approximate surface area is 132 Å². The number of benzene rings is 2. The minimum Gasteiger partial charge on any atom is -0.392 e. The number of rotatable bonds is 5. The van der Waals surface area contributed by atoms with Gasteiger partial charge in [-0.3, -0.25) is 0 Å². The van der Waals surface area contributed by atoms with Crippen molar-refractivity contribution in [2.45, 2.75) is 31.8 Å². The molecule has 0 bridgehead atoms. The van der Waals surface area contributed by atoms with Crippen molar-refractivity contribution in [3.05, 3.63) is 60.7 Å². The molecule has 116 valence electrons. The van der Waals surface area contributed by atoms with E-state index in [1.165, 1.54) is 12.8 Å². The predicted molar refractivity (Wildman–Crippen MR) is 92.6 cm³/mol. The van der Waals surface area contributed by atoms with Gasteiger partial charge < -0.3 is 9.67 Å². The fraction of sp³-hybridized carbons (Fsp3) is 0.368. The summed E-state index contributed by atoms with van der Waals surface area (Å²) in [5.41, 5.74) is 0. The highest BCUT2D eigenvalue weighted by molar-refractivity contribution is 7.78. The van der Waals surface area contributed by atoms with Crippen molar-refractivity contribution in [1.82, 2.24) is 0 Å². The quantitative estimate of drug-likeness (QED) is 0.857. The van der Waals surface area contributed by atoms with E-state index in [1.54, 1.807) is 0 Å². The van der Waals surface area contributed by atoms with Crippen LogP contribution in [0, 0.1) is 5.92 Å². The Balaban J connectivity index is 1.95. The van der Waals surface area contributed by atoms with Crippen LogP contribution < -0.4 is 10.6 Å². The van der Waals surface area contributed by atoms with Crippen molar-refractivity contribution in [3.63, 3.8) is 0 Å². The highest BCUT2D eigenvalue weighted by Gasteiger charge is 2.34. The van der Waals surface area contributed by atoms with Crippen LogP contribution in [0.25, 0.3) is 0 Å². The topological polar surface area (TPSA) is 37.3 Å². The maximum Gasteiger partial charge on any atom is 0.145 e. The molecule has 1 N–H and O–H groups in total. The molecule has 3 rings (SSSR count). The summed E-state index contributed by atoms with van der Waals surface area (Å²) < 4.78 is 13.8. The lowest BCUT2D eigenvalue weighted by Crippen LogP contribution is -2.29. The van der Waals surface area contributed by atoms with Crippen molar-refractivity contribution in [1.29, 1.82) is 0 Å². The van der Waals surface area contributed by atoms with Crippen molar-refractivity contribution >= 4 is 17.8 Å². The zero-order valence-corrected chi connectivity index (χ0v) is 13.7. The van der Waals surface area contributed by atoms with E-state index in [4.69, 9.17) is 0 Å². The molecule has 0 aromatic heterocycles. The third kappa shape index (κ3) is 3.19. The Hall–Kier alpha value is -1.37. The summed E-state index contributed by atoms with van der Waals surface area (Å²) >= 11 is 0. The molecule has 1 atom stereocenters. The zero-order chi connectivity index (χ0) is 15.4. The van der Waals surface area contributed by atoms with Crippen LogP contribution in [0.3, 0.4) is 0 Å². The molecule has 0 aliphatic heterocycles. The van der Waals surface area contributed by atoms with Crippen molar-refractivity contribution in [2.24, 2.45) is 5.92 Å². The van der Waals surface area contributed by atoms with Gasteiger partial charge >= 0.3 is 0 Å². The van der Waals surface area contributed by atoms with Gasteiger partial charge in [0, 0.05) is 16.8 Å². The highest BCUT2D eigenvalue weighted by Crippen LogP contribution is 2.46. The van der Waals surface area contributed by atoms with E-state index in [-0.39, 0.29) is 0 Å². The fourth-order valence-corrected chi connectivity index (χ4v) is 6.30. The Bertz CT molecular complexity index is 589. The van der Waals surface area contributed by atoms with Crippen LogP contribution in [0.15, 0.2) is 60.7 Å². The molecule has 22 heavy (non-hydrogen) atoms. The zero-order valence-electron chi connectivity index (χ0n) is 12.8. The summed E-state index contributed by atoms with van der Waals surface area (Å²) in [7, 11) is -2.78. The van der Waals surface area contributed by atoms with Crippen LogP contribution in [-0.2, 0) is 4.57 Å². The third-order valence-corrected chi connectivity index (χ3v) is 7.89. The lowest BCUT2D eigenvalue weighted by molar-refractivity contribution is 0.132. The van der Waals surface area contributed by atoms with Gasteiger partial charge in [-0.15, -0.1) is 0 Å². The largest absolute Gasteiger partial charge is 0.392 e. The molecule has 0 radical (unpaired) electrons. The average Bonchev–Trinajstić information content (AvgIpc) is 3.11. The molecule has 1 aliphatic carbocycles. The van der Waals surface area contributed by atoms with Gasteiger partial charge in [0.15, 0.2) is 0 Å². The molecule has 2 nitrogen and oxygen atoms in total. The Kier molecular flexibility index (Phi) is 4.81.